The van der Waals surface area contributed by atoms with Gasteiger partial charge in [0.25, 0.3) is 0 Å². The van der Waals surface area contributed by atoms with Crippen LogP contribution in [0.4, 0.5) is 0 Å². The zero-order chi connectivity index (χ0) is 13.0. The van der Waals surface area contributed by atoms with Crippen molar-refractivity contribution in [1.29, 1.82) is 0 Å². The first-order valence-corrected chi connectivity index (χ1v) is 6.06. The number of rotatable bonds is 4. The first-order chi connectivity index (χ1) is 8.68. The van der Waals surface area contributed by atoms with Gasteiger partial charge in [-0.05, 0) is 30.5 Å². The molecule has 0 fully saturated rings. The Morgan fingerprint density at radius 3 is 2.22 bits per heavy atom. The highest BCUT2D eigenvalue weighted by molar-refractivity contribution is 5.27. The van der Waals surface area contributed by atoms with Gasteiger partial charge in [-0.3, -0.25) is 0 Å². The van der Waals surface area contributed by atoms with Crippen LogP contribution in [0.3, 0.4) is 0 Å². The SMILES string of the molecule is Cc1ccccc1COC([O])c1ccccc1C. The molecule has 0 spiro atoms. The number of hydrogen-bond donors (Lipinski definition) is 0. The first kappa shape index (κ1) is 12.8. The molecule has 0 amide bonds. The van der Waals surface area contributed by atoms with Crippen molar-refractivity contribution in [3.8, 4) is 0 Å². The topological polar surface area (TPSA) is 29.1 Å². The van der Waals surface area contributed by atoms with Gasteiger partial charge in [-0.15, -0.1) is 0 Å². The van der Waals surface area contributed by atoms with Crippen molar-refractivity contribution in [2.24, 2.45) is 0 Å². The number of aryl methyl sites for hydroxylation is 2. The van der Waals surface area contributed by atoms with Gasteiger partial charge in [-0.1, -0.05) is 48.5 Å². The molecule has 2 heteroatoms. The van der Waals surface area contributed by atoms with Crippen LogP contribution < -0.4 is 0 Å². The van der Waals surface area contributed by atoms with Gasteiger partial charge in [-0.2, -0.15) is 5.11 Å². The minimum Gasteiger partial charge on any atom is -0.341 e. The van der Waals surface area contributed by atoms with Gasteiger partial charge in [0.1, 0.15) is 0 Å². The van der Waals surface area contributed by atoms with Gasteiger partial charge < -0.3 is 4.74 Å². The number of hydrogen-bond acceptors (Lipinski definition) is 1. The quantitative estimate of drug-likeness (QED) is 0.745. The lowest BCUT2D eigenvalue weighted by Crippen LogP contribution is -2.04. The average Bonchev–Trinajstić information content (AvgIpc) is 2.38. The van der Waals surface area contributed by atoms with E-state index in [9.17, 15) is 5.11 Å². The largest absolute Gasteiger partial charge is 0.341 e. The van der Waals surface area contributed by atoms with Crippen molar-refractivity contribution in [1.82, 2.24) is 0 Å². The molecule has 0 N–H and O–H groups in total. The third kappa shape index (κ3) is 2.97. The van der Waals surface area contributed by atoms with Crippen molar-refractivity contribution >= 4 is 0 Å². The predicted molar refractivity (Wildman–Crippen MR) is 70.6 cm³/mol. The molecule has 2 aromatic carbocycles. The second kappa shape index (κ2) is 5.80. The maximum Gasteiger partial charge on any atom is 0.218 e. The molecule has 0 bridgehead atoms. The third-order valence-electron chi connectivity index (χ3n) is 3.09. The average molecular weight is 241 g/mol. The molecule has 0 aromatic heterocycles. The standard InChI is InChI=1S/C16H17O2/c1-12-7-3-5-9-14(12)11-18-16(17)15-10-6-4-8-13(15)2/h3-10,16H,11H2,1-2H3. The molecule has 2 nitrogen and oxygen atoms in total. The predicted octanol–water partition coefficient (Wildman–Crippen LogP) is 3.95. The molecule has 0 heterocycles. The molecule has 0 aliphatic rings. The molecule has 18 heavy (non-hydrogen) atoms. The molecular weight excluding hydrogens is 224 g/mol. The Hall–Kier alpha value is -1.64. The van der Waals surface area contributed by atoms with Gasteiger partial charge in [0.15, 0.2) is 0 Å². The van der Waals surface area contributed by atoms with E-state index in [1.54, 1.807) is 0 Å². The van der Waals surface area contributed by atoms with Crippen LogP contribution in [0.1, 0.15) is 28.5 Å². The van der Waals surface area contributed by atoms with E-state index in [1.165, 1.54) is 0 Å². The summed E-state index contributed by atoms with van der Waals surface area (Å²) >= 11 is 0. The monoisotopic (exact) mass is 241 g/mol. The molecule has 0 aliphatic heterocycles. The summed E-state index contributed by atoms with van der Waals surface area (Å²) < 4.78 is 5.42. The minimum atomic E-state index is -1.12. The Morgan fingerprint density at radius 2 is 1.56 bits per heavy atom. The lowest BCUT2D eigenvalue weighted by Gasteiger charge is -2.13. The molecule has 2 aromatic rings. The second-order valence-corrected chi connectivity index (χ2v) is 4.43. The highest BCUT2D eigenvalue weighted by Gasteiger charge is 2.12. The summed E-state index contributed by atoms with van der Waals surface area (Å²) in [5.74, 6) is 0. The number of ether oxygens (including phenoxy) is 1. The Labute approximate surface area is 108 Å². The van der Waals surface area contributed by atoms with Gasteiger partial charge in [0.2, 0.25) is 6.29 Å². The van der Waals surface area contributed by atoms with E-state index >= 15 is 0 Å². The van der Waals surface area contributed by atoms with Gasteiger partial charge in [-0.25, -0.2) is 0 Å². The Kier molecular flexibility index (Phi) is 4.13. The molecule has 93 valence electrons. The van der Waals surface area contributed by atoms with Gasteiger partial charge in [0, 0.05) is 5.56 Å². The normalized spacial score (nSPS) is 12.4. The van der Waals surface area contributed by atoms with E-state index in [0.717, 1.165) is 16.7 Å². The zero-order valence-corrected chi connectivity index (χ0v) is 10.7. The fourth-order valence-electron chi connectivity index (χ4n) is 1.88. The van der Waals surface area contributed by atoms with Crippen LogP contribution in [-0.4, -0.2) is 0 Å². The van der Waals surface area contributed by atoms with E-state index in [1.807, 2.05) is 62.4 Å². The Morgan fingerprint density at radius 1 is 0.944 bits per heavy atom. The highest BCUT2D eigenvalue weighted by Crippen LogP contribution is 2.21. The van der Waals surface area contributed by atoms with E-state index in [2.05, 4.69) is 0 Å². The molecule has 0 saturated heterocycles. The van der Waals surface area contributed by atoms with E-state index < -0.39 is 6.29 Å². The van der Waals surface area contributed by atoms with Crippen LogP contribution in [0.5, 0.6) is 0 Å². The highest BCUT2D eigenvalue weighted by atomic mass is 16.6. The molecule has 0 saturated carbocycles. The lowest BCUT2D eigenvalue weighted by atomic mass is 10.1. The third-order valence-corrected chi connectivity index (χ3v) is 3.09. The van der Waals surface area contributed by atoms with Crippen LogP contribution in [0.15, 0.2) is 48.5 Å². The molecule has 0 aliphatic carbocycles. The summed E-state index contributed by atoms with van der Waals surface area (Å²) in [6, 6.07) is 15.5. The second-order valence-electron chi connectivity index (χ2n) is 4.43. The molecule has 1 unspecified atom stereocenters. The molecule has 2 rings (SSSR count). The van der Waals surface area contributed by atoms with Gasteiger partial charge in [0.05, 0.1) is 6.61 Å². The van der Waals surface area contributed by atoms with Crippen molar-refractivity contribution in [2.45, 2.75) is 26.7 Å². The summed E-state index contributed by atoms with van der Waals surface area (Å²) in [6.07, 6.45) is -1.12. The maximum atomic E-state index is 12.0. The van der Waals surface area contributed by atoms with Crippen LogP contribution in [-0.2, 0) is 16.5 Å². The van der Waals surface area contributed by atoms with Crippen molar-refractivity contribution in [2.75, 3.05) is 0 Å². The van der Waals surface area contributed by atoms with E-state index in [0.29, 0.717) is 12.2 Å². The molecule has 1 radical (unpaired) electrons. The van der Waals surface area contributed by atoms with Crippen molar-refractivity contribution in [3.05, 3.63) is 70.8 Å². The summed E-state index contributed by atoms with van der Waals surface area (Å²) in [4.78, 5) is 0. The van der Waals surface area contributed by atoms with Crippen LogP contribution >= 0.6 is 0 Å². The fourth-order valence-corrected chi connectivity index (χ4v) is 1.88. The van der Waals surface area contributed by atoms with Crippen LogP contribution in [0.25, 0.3) is 0 Å². The Balaban J connectivity index is 2.03. The summed E-state index contributed by atoms with van der Waals surface area (Å²) in [7, 11) is 0. The van der Waals surface area contributed by atoms with E-state index in [4.69, 9.17) is 4.74 Å². The first-order valence-electron chi connectivity index (χ1n) is 6.06. The Bertz CT molecular complexity index is 520. The number of benzene rings is 2. The maximum absolute atomic E-state index is 12.0. The lowest BCUT2D eigenvalue weighted by molar-refractivity contribution is -0.152. The van der Waals surface area contributed by atoms with E-state index in [-0.39, 0.29) is 0 Å². The minimum absolute atomic E-state index is 0.356. The smallest absolute Gasteiger partial charge is 0.218 e. The summed E-state index contributed by atoms with van der Waals surface area (Å²) in [5.41, 5.74) is 3.90. The van der Waals surface area contributed by atoms with Crippen LogP contribution in [0, 0.1) is 13.8 Å². The summed E-state index contributed by atoms with van der Waals surface area (Å²) in [5, 5.41) is 12.0. The van der Waals surface area contributed by atoms with Gasteiger partial charge >= 0.3 is 0 Å². The summed E-state index contributed by atoms with van der Waals surface area (Å²) in [6.45, 7) is 4.30. The van der Waals surface area contributed by atoms with Crippen LogP contribution in [0.2, 0.25) is 0 Å². The van der Waals surface area contributed by atoms with Crippen molar-refractivity contribution in [3.63, 3.8) is 0 Å². The molecular formula is C16H17O2. The fraction of sp³-hybridized carbons (Fsp3) is 0.250. The van der Waals surface area contributed by atoms with Crippen molar-refractivity contribution < 1.29 is 9.84 Å². The molecule has 1 atom stereocenters. The zero-order valence-electron chi connectivity index (χ0n) is 10.7.